The summed E-state index contributed by atoms with van der Waals surface area (Å²) in [4.78, 5) is 15.8. The van der Waals surface area contributed by atoms with Crippen molar-refractivity contribution in [1.82, 2.24) is 4.90 Å². The summed E-state index contributed by atoms with van der Waals surface area (Å²) in [5.74, 6) is -0.312. The number of hydrogen-bond acceptors (Lipinski definition) is 4. The van der Waals surface area contributed by atoms with Crippen molar-refractivity contribution < 1.29 is 18.7 Å². The Balaban J connectivity index is 1.85. The fourth-order valence-corrected chi connectivity index (χ4v) is 3.58. The zero-order valence-corrected chi connectivity index (χ0v) is 14.4. The first kappa shape index (κ1) is 16.9. The van der Waals surface area contributed by atoms with Gasteiger partial charge in [0.2, 0.25) is 0 Å². The number of thiophene rings is 1. The third-order valence-electron chi connectivity index (χ3n) is 4.05. The lowest BCUT2D eigenvalue weighted by Crippen LogP contribution is -2.37. The summed E-state index contributed by atoms with van der Waals surface area (Å²) < 4.78 is 24.5. The number of methoxy groups -OCH3 is 1. The Hall–Kier alpha value is -1.92. The highest BCUT2D eigenvalue weighted by Crippen LogP contribution is 2.24. The average molecular weight is 349 g/mol. The molecule has 1 atom stereocenters. The third kappa shape index (κ3) is 3.94. The van der Waals surface area contributed by atoms with Crippen LogP contribution in [0.2, 0.25) is 0 Å². The molecule has 2 heterocycles. The van der Waals surface area contributed by atoms with Crippen molar-refractivity contribution in [2.75, 3.05) is 20.3 Å². The van der Waals surface area contributed by atoms with Crippen LogP contribution in [-0.2, 0) is 11.3 Å². The predicted molar refractivity (Wildman–Crippen MR) is 91.0 cm³/mol. The van der Waals surface area contributed by atoms with Gasteiger partial charge in [0.25, 0.3) is 5.91 Å². The normalized spacial score (nSPS) is 17.0. The number of rotatable bonds is 6. The molecular formula is C18H20FNO3S. The molecule has 0 N–H and O–H groups in total. The van der Waals surface area contributed by atoms with Gasteiger partial charge in [-0.25, -0.2) is 4.39 Å². The smallest absolute Gasteiger partial charge is 0.258 e. The molecule has 1 aliphatic heterocycles. The summed E-state index contributed by atoms with van der Waals surface area (Å²) >= 11 is 1.59. The van der Waals surface area contributed by atoms with Gasteiger partial charge in [0.05, 0.1) is 25.3 Å². The minimum atomic E-state index is -0.452. The Morgan fingerprint density at radius 1 is 1.46 bits per heavy atom. The molecule has 4 nitrogen and oxygen atoms in total. The number of halogens is 1. The van der Waals surface area contributed by atoms with Crippen molar-refractivity contribution in [1.29, 1.82) is 0 Å². The zero-order chi connectivity index (χ0) is 16.9. The first-order chi connectivity index (χ1) is 11.7. The zero-order valence-electron chi connectivity index (χ0n) is 13.5. The highest BCUT2D eigenvalue weighted by molar-refractivity contribution is 7.09. The topological polar surface area (TPSA) is 38.8 Å². The van der Waals surface area contributed by atoms with Crippen LogP contribution in [0.1, 0.15) is 28.1 Å². The second-order valence-corrected chi connectivity index (χ2v) is 6.78. The molecule has 0 spiro atoms. The number of nitrogens with zero attached hydrogens (tertiary/aromatic N) is 1. The summed E-state index contributed by atoms with van der Waals surface area (Å²) in [6.07, 6.45) is 1.98. The van der Waals surface area contributed by atoms with Gasteiger partial charge in [-0.1, -0.05) is 6.07 Å². The highest BCUT2D eigenvalue weighted by Gasteiger charge is 2.26. The van der Waals surface area contributed by atoms with Gasteiger partial charge in [0.15, 0.2) is 0 Å². The molecule has 6 heteroatoms. The fourth-order valence-electron chi connectivity index (χ4n) is 2.86. The number of carbonyl (C=O) groups is 1. The minimum Gasteiger partial charge on any atom is -0.496 e. The van der Waals surface area contributed by atoms with Gasteiger partial charge in [0.1, 0.15) is 11.6 Å². The molecule has 1 unspecified atom stereocenters. The SMILES string of the molecule is COc1ccc(F)cc1C(=O)N(Cc1cccs1)CC1CCCO1. The second kappa shape index (κ2) is 7.77. The van der Waals surface area contributed by atoms with Gasteiger partial charge < -0.3 is 14.4 Å². The Morgan fingerprint density at radius 3 is 3.00 bits per heavy atom. The Morgan fingerprint density at radius 2 is 2.33 bits per heavy atom. The largest absolute Gasteiger partial charge is 0.496 e. The summed E-state index contributed by atoms with van der Waals surface area (Å²) in [6.45, 7) is 1.71. The van der Waals surface area contributed by atoms with E-state index in [4.69, 9.17) is 9.47 Å². The van der Waals surface area contributed by atoms with Gasteiger partial charge in [-0.15, -0.1) is 11.3 Å². The standard InChI is InChI=1S/C18H20FNO3S/c1-22-17-7-6-13(19)10-16(17)18(21)20(11-14-4-2-8-23-14)12-15-5-3-9-24-15/h3,5-7,9-10,14H,2,4,8,11-12H2,1H3. The molecule has 1 aromatic carbocycles. The van der Waals surface area contributed by atoms with Crippen molar-refractivity contribution in [2.45, 2.75) is 25.5 Å². The van der Waals surface area contributed by atoms with E-state index in [1.807, 2.05) is 17.5 Å². The first-order valence-electron chi connectivity index (χ1n) is 7.94. The lowest BCUT2D eigenvalue weighted by molar-refractivity contribution is 0.0507. The lowest BCUT2D eigenvalue weighted by Gasteiger charge is -2.25. The quantitative estimate of drug-likeness (QED) is 0.798. The van der Waals surface area contributed by atoms with Crippen LogP contribution in [0.15, 0.2) is 35.7 Å². The van der Waals surface area contributed by atoms with Crippen LogP contribution in [0.5, 0.6) is 5.75 Å². The van der Waals surface area contributed by atoms with Crippen molar-refractivity contribution in [3.8, 4) is 5.75 Å². The van der Waals surface area contributed by atoms with Crippen molar-refractivity contribution in [3.05, 3.63) is 52.0 Å². The van der Waals surface area contributed by atoms with Crippen LogP contribution in [-0.4, -0.2) is 37.2 Å². The van der Waals surface area contributed by atoms with Crippen LogP contribution in [0.3, 0.4) is 0 Å². The van der Waals surface area contributed by atoms with Gasteiger partial charge in [-0.3, -0.25) is 4.79 Å². The van der Waals surface area contributed by atoms with E-state index < -0.39 is 5.82 Å². The molecule has 1 amide bonds. The van der Waals surface area contributed by atoms with Crippen LogP contribution < -0.4 is 4.74 Å². The van der Waals surface area contributed by atoms with Crippen LogP contribution in [0.4, 0.5) is 4.39 Å². The van der Waals surface area contributed by atoms with Gasteiger partial charge >= 0.3 is 0 Å². The maximum atomic E-state index is 13.6. The fraction of sp³-hybridized carbons (Fsp3) is 0.389. The molecular weight excluding hydrogens is 329 g/mol. The number of amides is 1. The van der Waals surface area contributed by atoms with Crippen molar-refractivity contribution in [3.63, 3.8) is 0 Å². The molecule has 0 aliphatic carbocycles. The Kier molecular flexibility index (Phi) is 5.48. The molecule has 128 valence electrons. The van der Waals surface area contributed by atoms with Gasteiger partial charge in [0, 0.05) is 18.0 Å². The minimum absolute atomic E-state index is 0.0356. The van der Waals surface area contributed by atoms with E-state index in [2.05, 4.69) is 0 Å². The maximum absolute atomic E-state index is 13.6. The number of carbonyl (C=O) groups excluding carboxylic acids is 1. The maximum Gasteiger partial charge on any atom is 0.258 e. The van der Waals surface area contributed by atoms with E-state index in [-0.39, 0.29) is 17.6 Å². The van der Waals surface area contributed by atoms with E-state index in [1.54, 1.807) is 16.2 Å². The second-order valence-electron chi connectivity index (χ2n) is 5.74. The highest BCUT2D eigenvalue weighted by atomic mass is 32.1. The van der Waals surface area contributed by atoms with Crippen molar-refractivity contribution >= 4 is 17.2 Å². The summed E-state index contributed by atoms with van der Waals surface area (Å²) in [5, 5.41) is 1.98. The first-order valence-corrected chi connectivity index (χ1v) is 8.82. The van der Waals surface area contributed by atoms with E-state index in [1.165, 1.54) is 25.3 Å². The molecule has 1 saturated heterocycles. The molecule has 1 aliphatic rings. The van der Waals surface area contributed by atoms with E-state index in [9.17, 15) is 9.18 Å². The Bertz CT molecular complexity index is 684. The number of ether oxygens (including phenoxy) is 2. The molecule has 24 heavy (non-hydrogen) atoms. The molecule has 3 rings (SSSR count). The van der Waals surface area contributed by atoms with Crippen LogP contribution >= 0.6 is 11.3 Å². The van der Waals surface area contributed by atoms with Crippen LogP contribution in [0, 0.1) is 5.82 Å². The summed E-state index contributed by atoms with van der Waals surface area (Å²) in [7, 11) is 1.48. The molecule has 2 aromatic rings. The molecule has 1 fully saturated rings. The van der Waals surface area contributed by atoms with E-state index >= 15 is 0 Å². The molecule has 0 bridgehead atoms. The average Bonchev–Trinajstić information content (AvgIpc) is 3.27. The predicted octanol–water partition coefficient (Wildman–Crippen LogP) is 3.72. The van der Waals surface area contributed by atoms with Gasteiger partial charge in [-0.05, 0) is 42.5 Å². The van der Waals surface area contributed by atoms with Crippen LogP contribution in [0.25, 0.3) is 0 Å². The lowest BCUT2D eigenvalue weighted by atomic mass is 10.1. The number of hydrogen-bond donors (Lipinski definition) is 0. The molecule has 0 radical (unpaired) electrons. The van der Waals surface area contributed by atoms with Crippen molar-refractivity contribution in [2.24, 2.45) is 0 Å². The summed E-state index contributed by atoms with van der Waals surface area (Å²) in [6, 6.07) is 7.95. The van der Waals surface area contributed by atoms with E-state index in [0.29, 0.717) is 18.8 Å². The van der Waals surface area contributed by atoms with E-state index in [0.717, 1.165) is 24.3 Å². The Labute approximate surface area is 144 Å². The molecule has 0 saturated carbocycles. The summed E-state index contributed by atoms with van der Waals surface area (Å²) in [5.41, 5.74) is 0.243. The number of benzene rings is 1. The monoisotopic (exact) mass is 349 g/mol. The van der Waals surface area contributed by atoms with Gasteiger partial charge in [-0.2, -0.15) is 0 Å². The molecule has 1 aromatic heterocycles. The third-order valence-corrected chi connectivity index (χ3v) is 4.92.